The molecule has 0 aliphatic rings. The minimum absolute atomic E-state index is 0.0608. The van der Waals surface area contributed by atoms with Crippen molar-refractivity contribution in [2.24, 2.45) is 5.10 Å². The molecular formula is C22H28N2O2. The van der Waals surface area contributed by atoms with Gasteiger partial charge in [-0.3, -0.25) is 4.79 Å². The molecule has 0 saturated heterocycles. The molecule has 0 unspecified atom stereocenters. The number of hydrogen-bond acceptors (Lipinski definition) is 3. The first-order chi connectivity index (χ1) is 12.4. The molecule has 0 spiro atoms. The van der Waals surface area contributed by atoms with Gasteiger partial charge in [0.25, 0.3) is 5.91 Å². The van der Waals surface area contributed by atoms with Crippen LogP contribution in [0.3, 0.4) is 0 Å². The second kappa shape index (κ2) is 9.18. The van der Waals surface area contributed by atoms with E-state index in [9.17, 15) is 4.79 Å². The summed E-state index contributed by atoms with van der Waals surface area (Å²) < 4.78 is 5.73. The SMILES string of the molecule is CCc1ccc(/C(C)=N\NC(=O)COc2cc(C)ccc2C(C)C)cc1. The van der Waals surface area contributed by atoms with Crippen molar-refractivity contribution in [2.45, 2.75) is 47.0 Å². The van der Waals surface area contributed by atoms with Crippen molar-refractivity contribution in [1.29, 1.82) is 0 Å². The number of benzene rings is 2. The zero-order valence-corrected chi connectivity index (χ0v) is 16.3. The smallest absolute Gasteiger partial charge is 0.277 e. The molecular weight excluding hydrogens is 324 g/mol. The lowest BCUT2D eigenvalue weighted by atomic mass is 10.0. The summed E-state index contributed by atoms with van der Waals surface area (Å²) in [5, 5.41) is 4.17. The van der Waals surface area contributed by atoms with Crippen LogP contribution in [-0.4, -0.2) is 18.2 Å². The van der Waals surface area contributed by atoms with Crippen LogP contribution in [0.1, 0.15) is 55.9 Å². The second-order valence-corrected chi connectivity index (χ2v) is 6.77. The van der Waals surface area contributed by atoms with Crippen molar-refractivity contribution >= 4 is 11.6 Å². The Hall–Kier alpha value is -2.62. The highest BCUT2D eigenvalue weighted by Crippen LogP contribution is 2.27. The Bertz CT molecular complexity index is 777. The van der Waals surface area contributed by atoms with Crippen molar-refractivity contribution < 1.29 is 9.53 Å². The predicted octanol–water partition coefficient (Wildman–Crippen LogP) is 4.60. The molecule has 0 aliphatic heterocycles. The van der Waals surface area contributed by atoms with E-state index in [2.05, 4.69) is 55.6 Å². The summed E-state index contributed by atoms with van der Waals surface area (Å²) in [6, 6.07) is 14.3. The van der Waals surface area contributed by atoms with E-state index >= 15 is 0 Å². The molecule has 138 valence electrons. The molecule has 1 amide bonds. The van der Waals surface area contributed by atoms with E-state index in [4.69, 9.17) is 4.74 Å². The standard InChI is InChI=1S/C22H28N2O2/c1-6-18-8-10-19(11-9-18)17(5)23-24-22(25)14-26-21-13-16(4)7-12-20(21)15(2)3/h7-13,15H,6,14H2,1-5H3,(H,24,25)/b23-17-. The number of hydrazone groups is 1. The molecule has 26 heavy (non-hydrogen) atoms. The molecule has 0 radical (unpaired) electrons. The van der Waals surface area contributed by atoms with Gasteiger partial charge in [-0.05, 0) is 54.5 Å². The minimum atomic E-state index is -0.272. The van der Waals surface area contributed by atoms with Gasteiger partial charge in [0.05, 0.1) is 5.71 Å². The fourth-order valence-electron chi connectivity index (χ4n) is 2.61. The topological polar surface area (TPSA) is 50.7 Å². The Morgan fingerprint density at radius 3 is 2.46 bits per heavy atom. The fourth-order valence-corrected chi connectivity index (χ4v) is 2.61. The van der Waals surface area contributed by atoms with Gasteiger partial charge in [0.15, 0.2) is 6.61 Å². The Morgan fingerprint density at radius 1 is 1.15 bits per heavy atom. The fraction of sp³-hybridized carbons (Fsp3) is 0.364. The first-order valence-electron chi connectivity index (χ1n) is 9.06. The van der Waals surface area contributed by atoms with E-state index in [1.54, 1.807) is 0 Å². The first-order valence-corrected chi connectivity index (χ1v) is 9.06. The summed E-state index contributed by atoms with van der Waals surface area (Å²) in [7, 11) is 0. The van der Waals surface area contributed by atoms with E-state index in [0.717, 1.165) is 34.6 Å². The molecule has 0 atom stereocenters. The van der Waals surface area contributed by atoms with Crippen molar-refractivity contribution in [3.05, 3.63) is 64.7 Å². The van der Waals surface area contributed by atoms with E-state index in [1.807, 2.05) is 32.0 Å². The normalized spacial score (nSPS) is 11.5. The van der Waals surface area contributed by atoms with E-state index in [-0.39, 0.29) is 12.5 Å². The highest BCUT2D eigenvalue weighted by molar-refractivity contribution is 5.99. The van der Waals surface area contributed by atoms with Crippen molar-refractivity contribution in [3.8, 4) is 5.75 Å². The van der Waals surface area contributed by atoms with Gasteiger partial charge in [-0.1, -0.05) is 57.2 Å². The van der Waals surface area contributed by atoms with Crippen LogP contribution in [-0.2, 0) is 11.2 Å². The van der Waals surface area contributed by atoms with Crippen LogP contribution in [0.2, 0.25) is 0 Å². The van der Waals surface area contributed by atoms with Gasteiger partial charge in [-0.25, -0.2) is 5.43 Å². The molecule has 0 fully saturated rings. The Labute approximate surface area is 156 Å². The third kappa shape index (κ3) is 5.45. The van der Waals surface area contributed by atoms with Crippen LogP contribution in [0.25, 0.3) is 0 Å². The lowest BCUT2D eigenvalue weighted by Crippen LogP contribution is -2.26. The molecule has 0 aromatic heterocycles. The molecule has 0 heterocycles. The molecule has 0 bridgehead atoms. The van der Waals surface area contributed by atoms with Gasteiger partial charge in [0.1, 0.15) is 5.75 Å². The maximum absolute atomic E-state index is 12.1. The zero-order valence-electron chi connectivity index (χ0n) is 16.3. The molecule has 4 nitrogen and oxygen atoms in total. The lowest BCUT2D eigenvalue weighted by molar-refractivity contribution is -0.123. The van der Waals surface area contributed by atoms with Crippen molar-refractivity contribution in [3.63, 3.8) is 0 Å². The van der Waals surface area contributed by atoms with Gasteiger partial charge < -0.3 is 4.74 Å². The minimum Gasteiger partial charge on any atom is -0.483 e. The first kappa shape index (κ1) is 19.7. The number of carbonyl (C=O) groups excluding carboxylic acids is 1. The van der Waals surface area contributed by atoms with Crippen LogP contribution in [0.15, 0.2) is 47.6 Å². The lowest BCUT2D eigenvalue weighted by Gasteiger charge is -2.14. The number of rotatable bonds is 7. The molecule has 0 saturated carbocycles. The van der Waals surface area contributed by atoms with Crippen LogP contribution < -0.4 is 10.2 Å². The van der Waals surface area contributed by atoms with Gasteiger partial charge in [0, 0.05) is 0 Å². The monoisotopic (exact) mass is 352 g/mol. The molecule has 2 aromatic carbocycles. The van der Waals surface area contributed by atoms with Gasteiger partial charge in [-0.15, -0.1) is 0 Å². The Balaban J connectivity index is 1.95. The summed E-state index contributed by atoms with van der Waals surface area (Å²) in [6.07, 6.45) is 1.00. The Kier molecular flexibility index (Phi) is 6.96. The summed E-state index contributed by atoms with van der Waals surface area (Å²) >= 11 is 0. The third-order valence-corrected chi connectivity index (χ3v) is 4.28. The summed E-state index contributed by atoms with van der Waals surface area (Å²) in [5.74, 6) is 0.816. The highest BCUT2D eigenvalue weighted by Gasteiger charge is 2.10. The second-order valence-electron chi connectivity index (χ2n) is 6.77. The Morgan fingerprint density at radius 2 is 1.85 bits per heavy atom. The quantitative estimate of drug-likeness (QED) is 0.585. The van der Waals surface area contributed by atoms with Crippen LogP contribution in [0.4, 0.5) is 0 Å². The third-order valence-electron chi connectivity index (χ3n) is 4.28. The molecule has 4 heteroatoms. The molecule has 2 aromatic rings. The van der Waals surface area contributed by atoms with Crippen LogP contribution in [0.5, 0.6) is 5.75 Å². The summed E-state index contributed by atoms with van der Waals surface area (Å²) in [6.45, 7) is 10.2. The number of nitrogens with zero attached hydrogens (tertiary/aromatic N) is 1. The number of hydrogen-bond donors (Lipinski definition) is 1. The number of amides is 1. The van der Waals surface area contributed by atoms with Gasteiger partial charge in [0.2, 0.25) is 0 Å². The number of carbonyl (C=O) groups is 1. The molecule has 2 rings (SSSR count). The summed E-state index contributed by atoms with van der Waals surface area (Å²) in [4.78, 5) is 12.1. The average Bonchev–Trinajstić information content (AvgIpc) is 2.64. The van der Waals surface area contributed by atoms with Crippen LogP contribution in [0, 0.1) is 6.92 Å². The van der Waals surface area contributed by atoms with E-state index < -0.39 is 0 Å². The van der Waals surface area contributed by atoms with Gasteiger partial charge >= 0.3 is 0 Å². The maximum Gasteiger partial charge on any atom is 0.277 e. The van der Waals surface area contributed by atoms with Crippen molar-refractivity contribution in [1.82, 2.24) is 5.43 Å². The molecule has 1 N–H and O–H groups in total. The molecule has 0 aliphatic carbocycles. The predicted molar refractivity (Wildman–Crippen MR) is 107 cm³/mol. The number of nitrogens with one attached hydrogen (secondary N) is 1. The summed E-state index contributed by atoms with van der Waals surface area (Å²) in [5.41, 5.74) is 7.80. The zero-order chi connectivity index (χ0) is 19.1. The van der Waals surface area contributed by atoms with Crippen molar-refractivity contribution in [2.75, 3.05) is 6.61 Å². The maximum atomic E-state index is 12.1. The number of ether oxygens (including phenoxy) is 1. The van der Waals surface area contributed by atoms with Crippen LogP contribution >= 0.6 is 0 Å². The average molecular weight is 352 g/mol. The highest BCUT2D eigenvalue weighted by atomic mass is 16.5. The number of aryl methyl sites for hydroxylation is 2. The van der Waals surface area contributed by atoms with E-state index in [0.29, 0.717) is 5.92 Å². The largest absolute Gasteiger partial charge is 0.483 e. The van der Waals surface area contributed by atoms with Gasteiger partial charge in [-0.2, -0.15) is 5.10 Å². The van der Waals surface area contributed by atoms with E-state index in [1.165, 1.54) is 5.56 Å².